The summed E-state index contributed by atoms with van der Waals surface area (Å²) >= 11 is 1.45. The standard InChI is InChI=1S/C30H34N4O5S/c1-5-39-29(36)25-26(20-10-7-6-8-11-20)31-30-34(27(25)22-12-9-13-23(37-3)28(22)38-4)21(19-40-30)18-24(35)33-16-14-32(2)15-17-33/h6-13,19,27H,5,14-18H2,1-4H3/t27-/m0/s1. The van der Waals surface area contributed by atoms with Crippen LogP contribution >= 0.6 is 11.8 Å². The lowest BCUT2D eigenvalue weighted by Crippen LogP contribution is -2.47. The maximum Gasteiger partial charge on any atom is 0.338 e. The molecule has 0 aliphatic carbocycles. The first-order valence-electron chi connectivity index (χ1n) is 13.3. The number of likely N-dealkylation sites (N-methyl/N-ethyl adjacent to an activating group) is 1. The van der Waals surface area contributed by atoms with Gasteiger partial charge in [0.2, 0.25) is 5.91 Å². The number of amides is 1. The van der Waals surface area contributed by atoms with Gasteiger partial charge in [-0.25, -0.2) is 9.79 Å². The number of carbonyl (C=O) groups is 2. The molecule has 9 nitrogen and oxygen atoms in total. The fourth-order valence-corrected chi connectivity index (χ4v) is 6.15. The average Bonchev–Trinajstić information content (AvgIpc) is 3.38. The molecule has 1 saturated heterocycles. The van der Waals surface area contributed by atoms with Crippen molar-refractivity contribution in [1.82, 2.24) is 14.7 Å². The van der Waals surface area contributed by atoms with Gasteiger partial charge in [-0.2, -0.15) is 0 Å². The molecule has 0 saturated carbocycles. The number of para-hydroxylation sites is 1. The molecule has 0 unspecified atom stereocenters. The third kappa shape index (κ3) is 5.33. The topological polar surface area (TPSA) is 83.9 Å². The van der Waals surface area contributed by atoms with Gasteiger partial charge in [-0.15, -0.1) is 0 Å². The zero-order valence-electron chi connectivity index (χ0n) is 23.3. The fraction of sp³-hybridized carbons (Fsp3) is 0.367. The van der Waals surface area contributed by atoms with E-state index in [2.05, 4.69) is 11.9 Å². The Morgan fingerprint density at radius 2 is 1.75 bits per heavy atom. The molecule has 0 spiro atoms. The first-order valence-corrected chi connectivity index (χ1v) is 14.2. The second kappa shape index (κ2) is 12.2. The van der Waals surface area contributed by atoms with E-state index in [0.29, 0.717) is 46.6 Å². The molecule has 0 bridgehead atoms. The number of amidine groups is 1. The van der Waals surface area contributed by atoms with Gasteiger partial charge >= 0.3 is 5.97 Å². The van der Waals surface area contributed by atoms with Crippen LogP contribution < -0.4 is 9.47 Å². The highest BCUT2D eigenvalue weighted by molar-refractivity contribution is 8.16. The van der Waals surface area contributed by atoms with Crippen LogP contribution in [0.1, 0.15) is 30.5 Å². The highest BCUT2D eigenvalue weighted by Gasteiger charge is 2.44. The third-order valence-corrected chi connectivity index (χ3v) is 8.16. The van der Waals surface area contributed by atoms with Gasteiger partial charge < -0.3 is 28.9 Å². The molecule has 3 heterocycles. The van der Waals surface area contributed by atoms with E-state index in [9.17, 15) is 9.59 Å². The number of rotatable bonds is 8. The molecule has 10 heteroatoms. The second-order valence-corrected chi connectivity index (χ2v) is 10.5. The highest BCUT2D eigenvalue weighted by atomic mass is 32.2. The van der Waals surface area contributed by atoms with Crippen molar-refractivity contribution in [2.75, 3.05) is 54.1 Å². The Balaban J connectivity index is 1.64. The number of methoxy groups -OCH3 is 2. The first-order chi connectivity index (χ1) is 19.5. The van der Waals surface area contributed by atoms with E-state index < -0.39 is 12.0 Å². The Hall–Kier alpha value is -3.76. The summed E-state index contributed by atoms with van der Waals surface area (Å²) in [5, 5.41) is 2.64. The number of thioether (sulfide) groups is 1. The van der Waals surface area contributed by atoms with Crippen molar-refractivity contribution in [2.24, 2.45) is 4.99 Å². The molecule has 1 amide bonds. The Labute approximate surface area is 239 Å². The number of nitrogens with zero attached hydrogens (tertiary/aromatic N) is 4. The minimum Gasteiger partial charge on any atom is -0.493 e. The largest absolute Gasteiger partial charge is 0.493 e. The van der Waals surface area contributed by atoms with Crippen molar-refractivity contribution >= 4 is 34.5 Å². The lowest BCUT2D eigenvalue weighted by Gasteiger charge is -2.38. The third-order valence-electron chi connectivity index (χ3n) is 7.27. The number of fused-ring (bicyclic) bond motifs is 1. The van der Waals surface area contributed by atoms with Gasteiger partial charge in [0.15, 0.2) is 16.7 Å². The zero-order valence-corrected chi connectivity index (χ0v) is 24.1. The SMILES string of the molecule is CCOC(=O)C1=C(c2ccccc2)N=C2SC=C(CC(=O)N3CCN(C)CC3)N2[C@H]1c1cccc(OC)c1OC. The van der Waals surface area contributed by atoms with Crippen LogP contribution in [-0.4, -0.2) is 85.8 Å². The summed E-state index contributed by atoms with van der Waals surface area (Å²) in [6.45, 7) is 5.06. The van der Waals surface area contributed by atoms with Crippen molar-refractivity contribution in [3.63, 3.8) is 0 Å². The van der Waals surface area contributed by atoms with E-state index in [0.717, 1.165) is 24.4 Å². The Morgan fingerprint density at radius 1 is 1.00 bits per heavy atom. The summed E-state index contributed by atoms with van der Waals surface area (Å²) in [6, 6.07) is 14.6. The summed E-state index contributed by atoms with van der Waals surface area (Å²) in [7, 11) is 5.23. The van der Waals surface area contributed by atoms with Crippen molar-refractivity contribution in [3.05, 3.63) is 76.3 Å². The molecule has 3 aliphatic rings. The lowest BCUT2D eigenvalue weighted by molar-refractivity contribution is -0.139. The van der Waals surface area contributed by atoms with Gasteiger partial charge in [0.25, 0.3) is 0 Å². The van der Waals surface area contributed by atoms with Crippen LogP contribution in [0.2, 0.25) is 0 Å². The summed E-state index contributed by atoms with van der Waals surface area (Å²) in [5.41, 5.74) is 3.20. The Kier molecular flexibility index (Phi) is 8.46. The maximum absolute atomic E-state index is 13.8. The van der Waals surface area contributed by atoms with Gasteiger partial charge in [0.1, 0.15) is 0 Å². The molecule has 210 valence electrons. The van der Waals surface area contributed by atoms with E-state index >= 15 is 0 Å². The number of hydrogen-bond donors (Lipinski definition) is 0. The molecular weight excluding hydrogens is 528 g/mol. The van der Waals surface area contributed by atoms with Crippen LogP contribution in [0.3, 0.4) is 0 Å². The zero-order chi connectivity index (χ0) is 28.2. The van der Waals surface area contributed by atoms with Crippen LogP contribution in [0.15, 0.2) is 70.2 Å². The van der Waals surface area contributed by atoms with Gasteiger partial charge in [0.05, 0.1) is 44.6 Å². The van der Waals surface area contributed by atoms with Crippen LogP contribution in [0.5, 0.6) is 11.5 Å². The number of benzene rings is 2. The molecule has 1 atom stereocenters. The summed E-state index contributed by atoms with van der Waals surface area (Å²) in [5.74, 6) is 0.625. The summed E-state index contributed by atoms with van der Waals surface area (Å²) in [4.78, 5) is 38.3. The molecule has 2 aromatic carbocycles. The van der Waals surface area contributed by atoms with Crippen molar-refractivity contribution in [1.29, 1.82) is 0 Å². The molecule has 0 radical (unpaired) electrons. The van der Waals surface area contributed by atoms with Crippen LogP contribution in [0.4, 0.5) is 0 Å². The lowest BCUT2D eigenvalue weighted by atomic mass is 9.90. The normalized spacial score (nSPS) is 19.1. The highest BCUT2D eigenvalue weighted by Crippen LogP contribution is 2.50. The summed E-state index contributed by atoms with van der Waals surface area (Å²) in [6.07, 6.45) is 0.190. The first kappa shape index (κ1) is 27.8. The number of piperazine rings is 1. The van der Waals surface area contributed by atoms with Crippen molar-refractivity contribution in [2.45, 2.75) is 19.4 Å². The van der Waals surface area contributed by atoms with Gasteiger partial charge in [-0.05, 0) is 25.4 Å². The second-order valence-electron chi connectivity index (χ2n) is 9.69. The number of carbonyl (C=O) groups excluding carboxylic acids is 2. The van der Waals surface area contributed by atoms with Gasteiger partial charge in [-0.3, -0.25) is 4.79 Å². The minimum atomic E-state index is -0.659. The van der Waals surface area contributed by atoms with E-state index in [-0.39, 0.29) is 18.9 Å². The van der Waals surface area contributed by atoms with E-state index in [4.69, 9.17) is 19.2 Å². The molecule has 0 aromatic heterocycles. The molecule has 3 aliphatic heterocycles. The van der Waals surface area contributed by atoms with E-state index in [1.807, 2.05) is 63.7 Å². The van der Waals surface area contributed by atoms with Crippen LogP contribution in [-0.2, 0) is 14.3 Å². The van der Waals surface area contributed by atoms with E-state index in [1.54, 1.807) is 21.1 Å². The predicted octanol–water partition coefficient (Wildman–Crippen LogP) is 4.14. The number of esters is 1. The molecule has 2 aromatic rings. The smallest absolute Gasteiger partial charge is 0.338 e. The van der Waals surface area contributed by atoms with Gasteiger partial charge in [0, 0.05) is 43.0 Å². The predicted molar refractivity (Wildman–Crippen MR) is 156 cm³/mol. The minimum absolute atomic E-state index is 0.0491. The molecular formula is C30H34N4O5S. The molecule has 0 N–H and O–H groups in total. The van der Waals surface area contributed by atoms with E-state index in [1.165, 1.54) is 11.8 Å². The van der Waals surface area contributed by atoms with Crippen LogP contribution in [0.25, 0.3) is 5.70 Å². The van der Waals surface area contributed by atoms with Crippen molar-refractivity contribution < 1.29 is 23.8 Å². The number of ether oxygens (including phenoxy) is 3. The number of aliphatic imine (C=N–C) groups is 1. The van der Waals surface area contributed by atoms with Gasteiger partial charge in [-0.1, -0.05) is 54.2 Å². The maximum atomic E-state index is 13.8. The Bertz CT molecular complexity index is 1370. The quantitative estimate of drug-likeness (QED) is 0.444. The Morgan fingerprint density at radius 3 is 2.42 bits per heavy atom. The summed E-state index contributed by atoms with van der Waals surface area (Å²) < 4.78 is 17.1. The number of hydrogen-bond acceptors (Lipinski definition) is 9. The van der Waals surface area contributed by atoms with Crippen LogP contribution in [0, 0.1) is 0 Å². The average molecular weight is 563 g/mol. The molecule has 1 fully saturated rings. The molecule has 40 heavy (non-hydrogen) atoms. The fourth-order valence-electron chi connectivity index (χ4n) is 5.23. The van der Waals surface area contributed by atoms with Crippen molar-refractivity contribution in [3.8, 4) is 11.5 Å². The monoisotopic (exact) mass is 562 g/mol. The molecule has 5 rings (SSSR count).